The maximum absolute atomic E-state index is 11.6. The fourth-order valence-electron chi connectivity index (χ4n) is 3.30. The van der Waals surface area contributed by atoms with Gasteiger partial charge in [-0.25, -0.2) is 9.79 Å². The van der Waals surface area contributed by atoms with Crippen molar-refractivity contribution in [1.29, 1.82) is 0 Å². The van der Waals surface area contributed by atoms with E-state index in [1.54, 1.807) is 12.1 Å². The number of esters is 1. The number of fused-ring (bicyclic) bond motifs is 2. The lowest BCUT2D eigenvalue weighted by molar-refractivity contribution is 0.0535. The molecule has 6 nitrogen and oxygen atoms in total. The van der Waals surface area contributed by atoms with Crippen molar-refractivity contribution in [3.05, 3.63) is 74.3 Å². The molecule has 0 bridgehead atoms. The van der Waals surface area contributed by atoms with Crippen LogP contribution in [-0.2, 0) is 11.3 Å². The molecule has 7 heteroatoms. The van der Waals surface area contributed by atoms with Crippen LogP contribution in [0.2, 0.25) is 0 Å². The highest BCUT2D eigenvalue weighted by atomic mass is 32.1. The molecular weight excluding hydrogens is 362 g/mol. The third-order valence-electron chi connectivity index (χ3n) is 4.63. The number of aromatic hydroxyl groups is 1. The number of ether oxygens (including phenoxy) is 1. The van der Waals surface area contributed by atoms with Crippen LogP contribution in [0.4, 0.5) is 0 Å². The lowest BCUT2D eigenvalue weighted by atomic mass is 10.00. The number of H-pyrrole nitrogens is 2. The number of allylic oxidation sites excluding steroid dienone is 1. The number of nitrogens with one attached hydrogen (secondary N) is 2. The number of aromatic amines is 2. The van der Waals surface area contributed by atoms with Gasteiger partial charge in [0.05, 0.1) is 16.6 Å². The summed E-state index contributed by atoms with van der Waals surface area (Å²) in [6.45, 7) is 0.319. The van der Waals surface area contributed by atoms with Crippen LogP contribution in [0, 0.1) is 4.77 Å². The van der Waals surface area contributed by atoms with Crippen molar-refractivity contribution in [2.45, 2.75) is 6.61 Å². The normalized spacial score (nSPS) is 15.9. The Morgan fingerprint density at radius 1 is 1.15 bits per heavy atom. The van der Waals surface area contributed by atoms with Crippen LogP contribution in [0.15, 0.2) is 47.1 Å². The average molecular weight is 375 g/mol. The Balaban J connectivity index is 1.55. The highest BCUT2D eigenvalue weighted by Crippen LogP contribution is 2.26. The second-order valence-corrected chi connectivity index (χ2v) is 6.80. The van der Waals surface area contributed by atoms with E-state index in [1.807, 2.05) is 36.4 Å². The molecule has 0 saturated heterocycles. The predicted molar refractivity (Wildman–Crippen MR) is 102 cm³/mol. The maximum atomic E-state index is 11.6. The number of cyclic esters (lactones) is 1. The fourth-order valence-corrected chi connectivity index (χ4v) is 3.51. The van der Waals surface area contributed by atoms with E-state index >= 15 is 0 Å². The predicted octanol–water partition coefficient (Wildman–Crippen LogP) is 2.57. The minimum atomic E-state index is -0.267. The molecule has 3 N–H and O–H groups in total. The molecule has 5 rings (SSSR count). The summed E-state index contributed by atoms with van der Waals surface area (Å²) in [5.74, 6) is -0.278. The summed E-state index contributed by atoms with van der Waals surface area (Å²) in [6.07, 6.45) is 3.68. The van der Waals surface area contributed by atoms with Gasteiger partial charge in [-0.3, -0.25) is 0 Å². The second kappa shape index (κ2) is 5.78. The van der Waals surface area contributed by atoms with Gasteiger partial charge in [-0.1, -0.05) is 18.2 Å². The van der Waals surface area contributed by atoms with Crippen LogP contribution in [0.5, 0.6) is 5.88 Å². The molecule has 2 aliphatic heterocycles. The first kappa shape index (κ1) is 15.8. The van der Waals surface area contributed by atoms with Gasteiger partial charge in [-0.15, -0.1) is 0 Å². The molecule has 0 saturated carbocycles. The molecule has 27 heavy (non-hydrogen) atoms. The van der Waals surface area contributed by atoms with Crippen LogP contribution in [0.3, 0.4) is 0 Å². The van der Waals surface area contributed by atoms with E-state index in [2.05, 4.69) is 15.0 Å². The van der Waals surface area contributed by atoms with Gasteiger partial charge in [-0.05, 0) is 53.7 Å². The number of aromatic nitrogens is 2. The number of nitrogens with zero attached hydrogens (tertiary/aromatic N) is 1. The summed E-state index contributed by atoms with van der Waals surface area (Å²) >= 11 is 4.97. The summed E-state index contributed by atoms with van der Waals surface area (Å²) < 4.78 is 5.42. The first-order valence-corrected chi connectivity index (χ1v) is 8.71. The molecule has 0 aliphatic carbocycles. The Bertz CT molecular complexity index is 1330. The minimum absolute atomic E-state index is 0.0114. The van der Waals surface area contributed by atoms with Gasteiger partial charge in [0.1, 0.15) is 12.3 Å². The van der Waals surface area contributed by atoms with E-state index in [4.69, 9.17) is 17.0 Å². The van der Waals surface area contributed by atoms with Crippen molar-refractivity contribution in [3.63, 3.8) is 0 Å². The van der Waals surface area contributed by atoms with Gasteiger partial charge in [0.15, 0.2) is 4.77 Å². The molecule has 132 valence electrons. The molecule has 3 aromatic rings. The smallest absolute Gasteiger partial charge is 0.338 e. The van der Waals surface area contributed by atoms with Crippen LogP contribution in [0.1, 0.15) is 21.6 Å². The van der Waals surface area contributed by atoms with Crippen molar-refractivity contribution >= 4 is 30.3 Å². The number of carbonyl (C=O) groups excluding carboxylic acids is 1. The SMILES string of the molecule is O=C1OCc2cc(-c3ccc4c(c3)=N/C(=C\c3[nH]c(=S)[nH]c3O)C=4)ccc21. The molecule has 0 fully saturated rings. The van der Waals surface area contributed by atoms with Crippen LogP contribution >= 0.6 is 12.2 Å². The van der Waals surface area contributed by atoms with Crippen LogP contribution in [-0.4, -0.2) is 21.0 Å². The second-order valence-electron chi connectivity index (χ2n) is 6.39. The van der Waals surface area contributed by atoms with Gasteiger partial charge >= 0.3 is 5.97 Å². The summed E-state index contributed by atoms with van der Waals surface area (Å²) in [4.78, 5) is 21.7. The molecule has 0 spiro atoms. The Kier molecular flexibility index (Phi) is 3.38. The number of imidazole rings is 1. The zero-order valence-electron chi connectivity index (χ0n) is 13.9. The molecule has 1 aromatic heterocycles. The Morgan fingerprint density at radius 3 is 2.78 bits per heavy atom. The van der Waals surface area contributed by atoms with Gasteiger partial charge in [0.25, 0.3) is 0 Å². The lowest BCUT2D eigenvalue weighted by Gasteiger charge is -2.03. The molecule has 0 atom stereocenters. The lowest BCUT2D eigenvalue weighted by Crippen LogP contribution is -2.20. The van der Waals surface area contributed by atoms with E-state index in [0.717, 1.165) is 33.0 Å². The summed E-state index contributed by atoms with van der Waals surface area (Å²) in [7, 11) is 0. The van der Waals surface area contributed by atoms with Crippen molar-refractivity contribution in [1.82, 2.24) is 9.97 Å². The molecule has 2 aromatic carbocycles. The van der Waals surface area contributed by atoms with Crippen LogP contribution < -0.4 is 10.6 Å². The number of hydrogen-bond acceptors (Lipinski definition) is 5. The number of carbonyl (C=O) groups is 1. The van der Waals surface area contributed by atoms with E-state index < -0.39 is 0 Å². The molecule has 0 unspecified atom stereocenters. The number of benzene rings is 2. The molecule has 3 heterocycles. The first-order valence-electron chi connectivity index (χ1n) is 8.31. The quantitative estimate of drug-likeness (QED) is 0.474. The Morgan fingerprint density at radius 2 is 1.96 bits per heavy atom. The standard InChI is InChI=1S/C20H13N3O3S/c24-18-17(22-20(27)23-18)8-14-6-12-2-1-11(7-16(12)21-14)10-3-4-15-13(5-10)9-26-19(15)25/h1-8,24H,9H2,(H2,22,23,27)/b14-8-. The van der Waals surface area contributed by atoms with E-state index in [9.17, 15) is 9.90 Å². The van der Waals surface area contributed by atoms with Gasteiger partial charge in [-0.2, -0.15) is 0 Å². The zero-order chi connectivity index (χ0) is 18.5. The topological polar surface area (TPSA) is 90.5 Å². The fraction of sp³-hybridized carbons (Fsp3) is 0.0500. The van der Waals surface area contributed by atoms with Crippen molar-refractivity contribution in [2.75, 3.05) is 0 Å². The molecular formula is C20H13N3O3S. The number of hydrogen-bond donors (Lipinski definition) is 3. The first-order chi connectivity index (χ1) is 13.1. The summed E-state index contributed by atoms with van der Waals surface area (Å²) in [5.41, 5.74) is 4.77. The van der Waals surface area contributed by atoms with E-state index in [1.165, 1.54) is 0 Å². The zero-order valence-corrected chi connectivity index (χ0v) is 14.8. The highest BCUT2D eigenvalue weighted by molar-refractivity contribution is 7.71. The third-order valence-corrected chi connectivity index (χ3v) is 4.83. The van der Waals surface area contributed by atoms with E-state index in [-0.39, 0.29) is 11.8 Å². The minimum Gasteiger partial charge on any atom is -0.493 e. The Labute approximate surface area is 158 Å². The highest BCUT2D eigenvalue weighted by Gasteiger charge is 2.21. The van der Waals surface area contributed by atoms with Gasteiger partial charge in [0, 0.05) is 10.8 Å². The maximum Gasteiger partial charge on any atom is 0.338 e. The largest absolute Gasteiger partial charge is 0.493 e. The van der Waals surface area contributed by atoms with E-state index in [0.29, 0.717) is 22.6 Å². The van der Waals surface area contributed by atoms with Gasteiger partial charge in [0.2, 0.25) is 5.88 Å². The Hall–Kier alpha value is -3.45. The third kappa shape index (κ3) is 2.69. The summed E-state index contributed by atoms with van der Waals surface area (Å²) in [6, 6.07) is 11.7. The monoisotopic (exact) mass is 375 g/mol. The van der Waals surface area contributed by atoms with Crippen molar-refractivity contribution in [2.24, 2.45) is 4.99 Å². The van der Waals surface area contributed by atoms with Crippen molar-refractivity contribution < 1.29 is 14.6 Å². The molecule has 0 radical (unpaired) electrons. The number of rotatable bonds is 2. The molecule has 0 amide bonds. The van der Waals surface area contributed by atoms with Crippen molar-refractivity contribution in [3.8, 4) is 17.0 Å². The van der Waals surface area contributed by atoms with Gasteiger partial charge < -0.3 is 19.8 Å². The summed E-state index contributed by atoms with van der Waals surface area (Å²) in [5, 5.41) is 11.7. The van der Waals surface area contributed by atoms with Crippen LogP contribution in [0.25, 0.3) is 23.3 Å². The molecule has 2 aliphatic rings. The average Bonchev–Trinajstić information content (AvgIpc) is 3.31.